The van der Waals surface area contributed by atoms with E-state index < -0.39 is 0 Å². The van der Waals surface area contributed by atoms with Crippen molar-refractivity contribution in [1.82, 2.24) is 4.98 Å². The van der Waals surface area contributed by atoms with E-state index in [1.165, 1.54) is 0 Å². The summed E-state index contributed by atoms with van der Waals surface area (Å²) in [6, 6.07) is 7.67. The van der Waals surface area contributed by atoms with E-state index >= 15 is 0 Å². The molecular weight excluding hydrogens is 162 g/mol. The van der Waals surface area contributed by atoms with Gasteiger partial charge in [-0.3, -0.25) is 4.98 Å². The van der Waals surface area contributed by atoms with Crippen LogP contribution in [0, 0.1) is 0 Å². The Hall–Kier alpha value is -1.83. The molecule has 13 heavy (non-hydrogen) atoms. The van der Waals surface area contributed by atoms with Gasteiger partial charge >= 0.3 is 0 Å². The molecule has 2 heterocycles. The molecule has 0 aliphatic carbocycles. The first kappa shape index (κ1) is 7.80. The summed E-state index contributed by atoms with van der Waals surface area (Å²) in [5.41, 5.74) is 1.07. The highest BCUT2D eigenvalue weighted by atomic mass is 16.3. The minimum Gasteiger partial charge on any atom is -0.465 e. The van der Waals surface area contributed by atoms with Crippen LogP contribution in [0.1, 0.15) is 11.3 Å². The van der Waals surface area contributed by atoms with Gasteiger partial charge in [-0.1, -0.05) is 6.07 Å². The fourth-order valence-corrected chi connectivity index (χ4v) is 1.04. The summed E-state index contributed by atoms with van der Waals surface area (Å²) in [6.45, 7) is 0. The van der Waals surface area contributed by atoms with Gasteiger partial charge in [0.25, 0.3) is 0 Å². The molecule has 2 heteroatoms. The van der Waals surface area contributed by atoms with Crippen LogP contribution >= 0.6 is 0 Å². The summed E-state index contributed by atoms with van der Waals surface area (Å²) in [7, 11) is 0. The first-order valence-electron chi connectivity index (χ1n) is 4.07. The normalized spacial score (nSPS) is 10.8. The van der Waals surface area contributed by atoms with Crippen molar-refractivity contribution >= 4 is 12.2 Å². The summed E-state index contributed by atoms with van der Waals surface area (Å²) in [6.07, 6.45) is 9.09. The third-order valence-corrected chi connectivity index (χ3v) is 1.67. The van der Waals surface area contributed by atoms with Gasteiger partial charge in [0.1, 0.15) is 5.76 Å². The molecule has 0 bridgehead atoms. The number of hydrogen-bond acceptors (Lipinski definition) is 2. The highest BCUT2D eigenvalue weighted by Crippen LogP contribution is 2.06. The van der Waals surface area contributed by atoms with E-state index in [9.17, 15) is 0 Å². The summed E-state index contributed by atoms with van der Waals surface area (Å²) in [5.74, 6) is 0.851. The molecule has 0 atom stereocenters. The quantitative estimate of drug-likeness (QED) is 0.694. The van der Waals surface area contributed by atoms with Crippen molar-refractivity contribution < 1.29 is 4.42 Å². The van der Waals surface area contributed by atoms with Gasteiger partial charge in [-0.05, 0) is 35.9 Å². The van der Waals surface area contributed by atoms with Gasteiger partial charge in [-0.15, -0.1) is 0 Å². The first-order valence-corrected chi connectivity index (χ1v) is 4.07. The zero-order valence-corrected chi connectivity index (χ0v) is 7.05. The van der Waals surface area contributed by atoms with Gasteiger partial charge in [0.15, 0.2) is 0 Å². The van der Waals surface area contributed by atoms with E-state index in [0.717, 1.165) is 11.3 Å². The molecule has 0 fully saturated rings. The van der Waals surface area contributed by atoms with Crippen LogP contribution in [0.5, 0.6) is 0 Å². The predicted octanol–water partition coefficient (Wildman–Crippen LogP) is 2.85. The second kappa shape index (κ2) is 3.72. The van der Waals surface area contributed by atoms with Gasteiger partial charge in [-0.25, -0.2) is 0 Å². The van der Waals surface area contributed by atoms with Crippen LogP contribution in [0.25, 0.3) is 12.2 Å². The Morgan fingerprint density at radius 2 is 2.15 bits per heavy atom. The van der Waals surface area contributed by atoms with E-state index in [1.54, 1.807) is 18.7 Å². The highest BCUT2D eigenvalue weighted by Gasteiger charge is 1.87. The Balaban J connectivity index is 2.15. The molecule has 0 aliphatic rings. The number of furan rings is 1. The van der Waals surface area contributed by atoms with E-state index in [2.05, 4.69) is 4.98 Å². The lowest BCUT2D eigenvalue weighted by Gasteiger charge is -1.88. The van der Waals surface area contributed by atoms with Crippen LogP contribution in [-0.4, -0.2) is 4.98 Å². The lowest BCUT2D eigenvalue weighted by atomic mass is 10.2. The summed E-state index contributed by atoms with van der Waals surface area (Å²) < 4.78 is 5.15. The van der Waals surface area contributed by atoms with Crippen molar-refractivity contribution in [2.24, 2.45) is 0 Å². The number of hydrogen-bond donors (Lipinski definition) is 0. The average molecular weight is 171 g/mol. The fraction of sp³-hybridized carbons (Fsp3) is 0. The minimum absolute atomic E-state index is 0.851. The van der Waals surface area contributed by atoms with Crippen LogP contribution in [0.15, 0.2) is 47.3 Å². The van der Waals surface area contributed by atoms with Crippen molar-refractivity contribution in [2.75, 3.05) is 0 Å². The monoisotopic (exact) mass is 171 g/mol. The Morgan fingerprint density at radius 3 is 2.85 bits per heavy atom. The molecule has 0 amide bonds. The zero-order chi connectivity index (χ0) is 8.93. The Labute approximate surface area is 76.5 Å². The van der Waals surface area contributed by atoms with E-state index in [-0.39, 0.29) is 0 Å². The third-order valence-electron chi connectivity index (χ3n) is 1.67. The molecule has 0 N–H and O–H groups in total. The van der Waals surface area contributed by atoms with Crippen molar-refractivity contribution in [2.45, 2.75) is 0 Å². The summed E-state index contributed by atoms with van der Waals surface area (Å²) in [4.78, 5) is 4.00. The van der Waals surface area contributed by atoms with Crippen molar-refractivity contribution in [3.63, 3.8) is 0 Å². The molecule has 0 spiro atoms. The zero-order valence-electron chi connectivity index (χ0n) is 7.05. The van der Waals surface area contributed by atoms with Crippen molar-refractivity contribution in [3.8, 4) is 0 Å². The summed E-state index contributed by atoms with van der Waals surface area (Å²) >= 11 is 0. The number of aromatic nitrogens is 1. The second-order valence-corrected chi connectivity index (χ2v) is 2.64. The lowest BCUT2D eigenvalue weighted by Crippen LogP contribution is -1.72. The van der Waals surface area contributed by atoms with Crippen LogP contribution in [0.3, 0.4) is 0 Å². The average Bonchev–Trinajstić information content (AvgIpc) is 2.69. The molecule has 2 rings (SSSR count). The Kier molecular flexibility index (Phi) is 2.23. The summed E-state index contributed by atoms with van der Waals surface area (Å²) in [5, 5.41) is 0. The molecule has 2 nitrogen and oxygen atoms in total. The van der Waals surface area contributed by atoms with E-state index in [1.807, 2.05) is 36.4 Å². The largest absolute Gasteiger partial charge is 0.465 e. The maximum absolute atomic E-state index is 5.15. The van der Waals surface area contributed by atoms with Gasteiger partial charge in [0, 0.05) is 12.4 Å². The molecule has 0 saturated carbocycles. The van der Waals surface area contributed by atoms with E-state index in [0.29, 0.717) is 0 Å². The van der Waals surface area contributed by atoms with E-state index in [4.69, 9.17) is 4.42 Å². The number of rotatable bonds is 2. The minimum atomic E-state index is 0.851. The Bertz CT molecular complexity index is 376. The van der Waals surface area contributed by atoms with Crippen LogP contribution in [0.2, 0.25) is 0 Å². The first-order chi connectivity index (χ1) is 6.45. The lowest BCUT2D eigenvalue weighted by molar-refractivity contribution is 0.557. The molecule has 2 aromatic heterocycles. The molecule has 0 aliphatic heterocycles. The smallest absolute Gasteiger partial charge is 0.126 e. The van der Waals surface area contributed by atoms with Crippen LogP contribution < -0.4 is 0 Å². The van der Waals surface area contributed by atoms with Crippen molar-refractivity contribution in [3.05, 3.63) is 54.2 Å². The molecule has 0 radical (unpaired) electrons. The van der Waals surface area contributed by atoms with Gasteiger partial charge in [0.2, 0.25) is 0 Å². The van der Waals surface area contributed by atoms with Crippen molar-refractivity contribution in [1.29, 1.82) is 0 Å². The topological polar surface area (TPSA) is 26.0 Å². The van der Waals surface area contributed by atoms with Crippen LogP contribution in [0.4, 0.5) is 0 Å². The SMILES string of the molecule is C(=C\c1ccco1)/c1cccnc1. The third kappa shape index (κ3) is 2.06. The Morgan fingerprint density at radius 1 is 1.15 bits per heavy atom. The maximum Gasteiger partial charge on any atom is 0.126 e. The maximum atomic E-state index is 5.15. The van der Waals surface area contributed by atoms with Gasteiger partial charge in [-0.2, -0.15) is 0 Å². The molecule has 0 unspecified atom stereocenters. The number of nitrogens with zero attached hydrogens (tertiary/aromatic N) is 1. The molecular formula is C11H9NO. The molecule has 2 aromatic rings. The molecule has 0 aromatic carbocycles. The van der Waals surface area contributed by atoms with Crippen LogP contribution in [-0.2, 0) is 0 Å². The van der Waals surface area contributed by atoms with Gasteiger partial charge in [0.05, 0.1) is 6.26 Å². The second-order valence-electron chi connectivity index (χ2n) is 2.64. The fourth-order valence-electron chi connectivity index (χ4n) is 1.04. The molecule has 64 valence electrons. The molecule has 0 saturated heterocycles. The highest BCUT2D eigenvalue weighted by molar-refractivity contribution is 5.66. The van der Waals surface area contributed by atoms with Gasteiger partial charge < -0.3 is 4.42 Å². The standard InChI is InChI=1S/C11H9NO/c1-3-10(9-12-7-1)5-6-11-4-2-8-13-11/h1-9H/b6-5+. The number of pyridine rings is 1. The predicted molar refractivity (Wildman–Crippen MR) is 51.9 cm³/mol.